The van der Waals surface area contributed by atoms with Crippen molar-refractivity contribution < 1.29 is 29.0 Å². The third kappa shape index (κ3) is 6.97. The lowest BCUT2D eigenvalue weighted by molar-refractivity contribution is -0.137. The maximum absolute atomic E-state index is 12.9. The van der Waals surface area contributed by atoms with Gasteiger partial charge in [0.25, 0.3) is 0 Å². The predicted molar refractivity (Wildman–Crippen MR) is 132 cm³/mol. The second kappa shape index (κ2) is 11.3. The Morgan fingerprint density at radius 3 is 2.00 bits per heavy atom. The number of carboxylic acids is 1. The SMILES string of the molecule is CN(CCCN(CCC(=O)O)C(=O)OCC1c2ccccc2-c2ccccc21)C(=O)OC(C)(C)C. The molecule has 1 aliphatic carbocycles. The molecule has 2 aromatic carbocycles. The second-order valence-electron chi connectivity index (χ2n) is 9.69. The third-order valence-electron chi connectivity index (χ3n) is 5.82. The molecule has 0 aromatic heterocycles. The Morgan fingerprint density at radius 1 is 0.886 bits per heavy atom. The van der Waals surface area contributed by atoms with Gasteiger partial charge in [-0.15, -0.1) is 0 Å². The van der Waals surface area contributed by atoms with E-state index in [-0.39, 0.29) is 32.0 Å². The van der Waals surface area contributed by atoms with E-state index in [9.17, 15) is 14.4 Å². The van der Waals surface area contributed by atoms with Crippen molar-refractivity contribution in [2.24, 2.45) is 0 Å². The van der Waals surface area contributed by atoms with Crippen LogP contribution in [0.5, 0.6) is 0 Å². The van der Waals surface area contributed by atoms with Crippen LogP contribution < -0.4 is 0 Å². The first-order valence-electron chi connectivity index (χ1n) is 11.8. The number of carboxylic acid groups (broad SMARTS) is 1. The second-order valence-corrected chi connectivity index (χ2v) is 9.69. The van der Waals surface area contributed by atoms with Gasteiger partial charge in [-0.1, -0.05) is 48.5 Å². The van der Waals surface area contributed by atoms with Crippen molar-refractivity contribution in [2.45, 2.75) is 45.1 Å². The molecule has 0 unspecified atom stereocenters. The van der Waals surface area contributed by atoms with E-state index in [1.54, 1.807) is 27.8 Å². The molecule has 2 amide bonds. The van der Waals surface area contributed by atoms with Gasteiger partial charge >= 0.3 is 18.2 Å². The maximum Gasteiger partial charge on any atom is 0.410 e. The number of aliphatic carboxylic acids is 1. The van der Waals surface area contributed by atoms with Crippen LogP contribution >= 0.6 is 0 Å². The number of ether oxygens (including phenoxy) is 2. The van der Waals surface area contributed by atoms with Gasteiger partial charge in [-0.2, -0.15) is 0 Å². The number of carbonyl (C=O) groups is 3. The van der Waals surface area contributed by atoms with Crippen LogP contribution in [-0.4, -0.2) is 72.0 Å². The fourth-order valence-electron chi connectivity index (χ4n) is 4.14. The average molecular weight is 483 g/mol. The molecule has 0 radical (unpaired) electrons. The lowest BCUT2D eigenvalue weighted by Crippen LogP contribution is -2.38. The molecule has 35 heavy (non-hydrogen) atoms. The molecule has 1 aliphatic rings. The summed E-state index contributed by atoms with van der Waals surface area (Å²) in [6, 6.07) is 16.1. The predicted octanol–water partition coefficient (Wildman–Crippen LogP) is 4.97. The Balaban J connectivity index is 1.61. The van der Waals surface area contributed by atoms with E-state index in [4.69, 9.17) is 14.6 Å². The lowest BCUT2D eigenvalue weighted by Gasteiger charge is -2.26. The highest BCUT2D eigenvalue weighted by Crippen LogP contribution is 2.44. The highest BCUT2D eigenvalue weighted by Gasteiger charge is 2.30. The molecule has 2 aromatic rings. The summed E-state index contributed by atoms with van der Waals surface area (Å²) in [5, 5.41) is 9.11. The molecule has 0 saturated heterocycles. The van der Waals surface area contributed by atoms with Crippen molar-refractivity contribution in [3.8, 4) is 11.1 Å². The highest BCUT2D eigenvalue weighted by molar-refractivity contribution is 5.79. The number of nitrogens with zero attached hydrogens (tertiary/aromatic N) is 2. The fraction of sp³-hybridized carbons (Fsp3) is 0.444. The summed E-state index contributed by atoms with van der Waals surface area (Å²) in [5.41, 5.74) is 3.89. The number of carbonyl (C=O) groups excluding carboxylic acids is 2. The zero-order valence-corrected chi connectivity index (χ0v) is 20.8. The van der Waals surface area contributed by atoms with E-state index in [1.165, 1.54) is 9.80 Å². The highest BCUT2D eigenvalue weighted by atomic mass is 16.6. The summed E-state index contributed by atoms with van der Waals surface area (Å²) in [6.07, 6.45) is -0.741. The van der Waals surface area contributed by atoms with Crippen LogP contribution in [0.3, 0.4) is 0 Å². The van der Waals surface area contributed by atoms with Crippen LogP contribution in [0.25, 0.3) is 11.1 Å². The molecule has 188 valence electrons. The van der Waals surface area contributed by atoms with Gasteiger partial charge in [-0.05, 0) is 49.4 Å². The molecule has 0 bridgehead atoms. The molecule has 8 heteroatoms. The smallest absolute Gasteiger partial charge is 0.410 e. The molecule has 1 N–H and O–H groups in total. The van der Waals surface area contributed by atoms with Gasteiger partial charge in [0.1, 0.15) is 12.2 Å². The minimum atomic E-state index is -0.993. The first-order chi connectivity index (χ1) is 16.6. The van der Waals surface area contributed by atoms with E-state index in [1.807, 2.05) is 36.4 Å². The van der Waals surface area contributed by atoms with E-state index >= 15 is 0 Å². The number of fused-ring (bicyclic) bond motifs is 3. The lowest BCUT2D eigenvalue weighted by atomic mass is 9.98. The largest absolute Gasteiger partial charge is 0.481 e. The number of benzene rings is 2. The first-order valence-corrected chi connectivity index (χ1v) is 11.8. The number of rotatable bonds is 9. The first kappa shape index (κ1) is 26.1. The Labute approximate surface area is 206 Å². The van der Waals surface area contributed by atoms with Crippen LogP contribution in [0.1, 0.15) is 50.7 Å². The molecule has 0 saturated carbocycles. The summed E-state index contributed by atoms with van der Waals surface area (Å²) in [4.78, 5) is 39.1. The van der Waals surface area contributed by atoms with Gasteiger partial charge < -0.3 is 24.4 Å². The Kier molecular flexibility index (Phi) is 8.38. The standard InChI is InChI=1S/C27H34N2O6/c1-27(2,3)35-25(32)28(4)15-9-16-29(17-14-24(30)31)26(33)34-18-23-21-12-7-5-10-19(21)20-11-6-8-13-22(20)23/h5-8,10-13,23H,9,14-18H2,1-4H3,(H,30,31). The Bertz CT molecular complexity index is 1020. The molecule has 0 spiro atoms. The van der Waals surface area contributed by atoms with Crippen molar-refractivity contribution in [1.82, 2.24) is 9.80 Å². The molecule has 0 atom stereocenters. The van der Waals surface area contributed by atoms with Crippen molar-refractivity contribution in [2.75, 3.05) is 33.3 Å². The van der Waals surface area contributed by atoms with Crippen molar-refractivity contribution in [1.29, 1.82) is 0 Å². The summed E-state index contributed by atoms with van der Waals surface area (Å²) in [7, 11) is 1.63. The molecule has 8 nitrogen and oxygen atoms in total. The van der Waals surface area contributed by atoms with Crippen LogP contribution in [0.15, 0.2) is 48.5 Å². The zero-order valence-electron chi connectivity index (χ0n) is 20.8. The molecule has 0 aliphatic heterocycles. The van der Waals surface area contributed by atoms with Gasteiger partial charge in [0.15, 0.2) is 0 Å². The molecule has 3 rings (SSSR count). The summed E-state index contributed by atoms with van der Waals surface area (Å²) >= 11 is 0. The van der Waals surface area contributed by atoms with Crippen LogP contribution in [0, 0.1) is 0 Å². The van der Waals surface area contributed by atoms with E-state index in [2.05, 4.69) is 12.1 Å². The molecule has 0 fully saturated rings. The molecular formula is C27H34N2O6. The maximum atomic E-state index is 12.9. The van der Waals surface area contributed by atoms with Gasteiger partial charge in [-0.3, -0.25) is 4.79 Å². The topological polar surface area (TPSA) is 96.4 Å². The molecule has 0 heterocycles. The molecular weight excluding hydrogens is 448 g/mol. The Morgan fingerprint density at radius 2 is 1.46 bits per heavy atom. The normalized spacial score (nSPS) is 12.5. The van der Waals surface area contributed by atoms with Crippen molar-refractivity contribution >= 4 is 18.2 Å². The summed E-state index contributed by atoms with van der Waals surface area (Å²) in [6.45, 7) is 6.19. The summed E-state index contributed by atoms with van der Waals surface area (Å²) in [5.74, 6) is -1.07. The Hall–Kier alpha value is -3.55. The third-order valence-corrected chi connectivity index (χ3v) is 5.82. The monoisotopic (exact) mass is 482 g/mol. The average Bonchev–Trinajstić information content (AvgIpc) is 3.12. The quantitative estimate of drug-likeness (QED) is 0.542. The van der Waals surface area contributed by atoms with Gasteiger partial charge in [0, 0.05) is 32.6 Å². The van der Waals surface area contributed by atoms with Crippen LogP contribution in [-0.2, 0) is 14.3 Å². The van der Waals surface area contributed by atoms with E-state index in [0.29, 0.717) is 13.0 Å². The number of amides is 2. The summed E-state index contributed by atoms with van der Waals surface area (Å²) < 4.78 is 11.0. The number of hydrogen-bond acceptors (Lipinski definition) is 5. The van der Waals surface area contributed by atoms with Crippen molar-refractivity contribution in [3.63, 3.8) is 0 Å². The van der Waals surface area contributed by atoms with Crippen molar-refractivity contribution in [3.05, 3.63) is 59.7 Å². The van der Waals surface area contributed by atoms with Gasteiger partial charge in [-0.25, -0.2) is 9.59 Å². The fourth-order valence-corrected chi connectivity index (χ4v) is 4.14. The minimum absolute atomic E-state index is 0.0299. The number of hydrogen-bond donors (Lipinski definition) is 1. The van der Waals surface area contributed by atoms with Gasteiger partial charge in [0.05, 0.1) is 6.42 Å². The van der Waals surface area contributed by atoms with E-state index in [0.717, 1.165) is 22.3 Å². The van der Waals surface area contributed by atoms with Crippen LogP contribution in [0.2, 0.25) is 0 Å². The minimum Gasteiger partial charge on any atom is -0.481 e. The van der Waals surface area contributed by atoms with Gasteiger partial charge in [0.2, 0.25) is 0 Å². The van der Waals surface area contributed by atoms with Crippen LogP contribution in [0.4, 0.5) is 9.59 Å². The zero-order chi connectivity index (χ0) is 25.6. The van der Waals surface area contributed by atoms with E-state index < -0.39 is 23.8 Å².